The second kappa shape index (κ2) is 12.6. The average molecular weight is 535 g/mol. The van der Waals surface area contributed by atoms with Gasteiger partial charge in [0, 0.05) is 23.5 Å². The Kier molecular flexibility index (Phi) is 8.52. The number of hydrogen-bond donors (Lipinski definition) is 3. The summed E-state index contributed by atoms with van der Waals surface area (Å²) < 4.78 is 0. The van der Waals surface area contributed by atoms with Crippen LogP contribution in [0.25, 0.3) is 18.2 Å². The molecular formula is C33H34N4O3. The van der Waals surface area contributed by atoms with Gasteiger partial charge in [-0.15, -0.1) is 0 Å². The summed E-state index contributed by atoms with van der Waals surface area (Å²) in [6.07, 6.45) is 8.99. The van der Waals surface area contributed by atoms with Gasteiger partial charge in [0.1, 0.15) is 6.04 Å². The van der Waals surface area contributed by atoms with Gasteiger partial charge in [-0.2, -0.15) is 0 Å². The van der Waals surface area contributed by atoms with Crippen molar-refractivity contribution in [1.82, 2.24) is 10.2 Å². The lowest BCUT2D eigenvalue weighted by Crippen LogP contribution is -2.43. The average Bonchev–Trinajstić information content (AvgIpc) is 3.70. The summed E-state index contributed by atoms with van der Waals surface area (Å²) in [5.41, 5.74) is 4.80. The smallest absolute Gasteiger partial charge is 0.255 e. The molecule has 0 spiro atoms. The molecule has 0 unspecified atom stereocenters. The highest BCUT2D eigenvalue weighted by molar-refractivity contribution is 6.03. The van der Waals surface area contributed by atoms with Gasteiger partial charge in [0.25, 0.3) is 5.91 Å². The summed E-state index contributed by atoms with van der Waals surface area (Å²) in [5.74, 6) is -0.311. The molecule has 0 aromatic heterocycles. The van der Waals surface area contributed by atoms with Gasteiger partial charge >= 0.3 is 0 Å². The molecule has 204 valence electrons. The van der Waals surface area contributed by atoms with Gasteiger partial charge in [-0.1, -0.05) is 67.3 Å². The molecule has 2 aliphatic heterocycles. The van der Waals surface area contributed by atoms with Crippen molar-refractivity contribution < 1.29 is 14.4 Å². The first-order chi connectivity index (χ1) is 19.5. The van der Waals surface area contributed by atoms with E-state index in [1.54, 1.807) is 17.0 Å². The van der Waals surface area contributed by atoms with Crippen LogP contribution >= 0.6 is 0 Å². The number of likely N-dealkylation sites (tertiary alicyclic amines) is 1. The Labute approximate surface area is 235 Å². The molecule has 40 heavy (non-hydrogen) atoms. The summed E-state index contributed by atoms with van der Waals surface area (Å²) in [4.78, 5) is 40.3. The molecule has 3 aromatic carbocycles. The molecule has 2 atom stereocenters. The Morgan fingerprint density at radius 2 is 1.43 bits per heavy atom. The molecule has 2 heterocycles. The maximum Gasteiger partial charge on any atom is 0.255 e. The molecule has 5 rings (SSSR count). The molecule has 2 fully saturated rings. The summed E-state index contributed by atoms with van der Waals surface area (Å²) >= 11 is 0. The summed E-state index contributed by atoms with van der Waals surface area (Å²) in [6, 6.07) is 22.0. The number of nitrogens with zero attached hydrogens (tertiary/aromatic N) is 1. The van der Waals surface area contributed by atoms with Crippen LogP contribution in [-0.2, 0) is 9.59 Å². The number of nitrogens with one attached hydrogen (secondary N) is 3. The van der Waals surface area contributed by atoms with Gasteiger partial charge in [-0.3, -0.25) is 14.4 Å². The zero-order chi connectivity index (χ0) is 27.9. The Morgan fingerprint density at radius 3 is 2.02 bits per heavy atom. The number of carbonyl (C=O) groups excluding carboxylic acids is 3. The highest BCUT2D eigenvalue weighted by Gasteiger charge is 2.35. The van der Waals surface area contributed by atoms with E-state index in [2.05, 4.69) is 22.5 Å². The minimum Gasteiger partial charge on any atom is -0.327 e. The molecule has 0 saturated carbocycles. The molecule has 3 N–H and O–H groups in total. The number of benzene rings is 3. The predicted molar refractivity (Wildman–Crippen MR) is 161 cm³/mol. The van der Waals surface area contributed by atoms with Crippen LogP contribution in [0.5, 0.6) is 0 Å². The Morgan fingerprint density at radius 1 is 0.800 bits per heavy atom. The molecule has 0 radical (unpaired) electrons. The van der Waals surface area contributed by atoms with Crippen LogP contribution in [-0.4, -0.2) is 47.8 Å². The van der Waals surface area contributed by atoms with E-state index < -0.39 is 6.04 Å². The monoisotopic (exact) mass is 534 g/mol. The molecule has 3 aromatic rings. The topological polar surface area (TPSA) is 90.5 Å². The molecule has 3 amide bonds. The largest absolute Gasteiger partial charge is 0.327 e. The van der Waals surface area contributed by atoms with E-state index in [1.165, 1.54) is 0 Å². The van der Waals surface area contributed by atoms with Crippen LogP contribution in [0.2, 0.25) is 0 Å². The van der Waals surface area contributed by atoms with E-state index in [9.17, 15) is 14.4 Å². The summed E-state index contributed by atoms with van der Waals surface area (Å²) in [7, 11) is 0. The van der Waals surface area contributed by atoms with Gasteiger partial charge in [-0.05, 0) is 79.3 Å². The zero-order valence-electron chi connectivity index (χ0n) is 22.4. The standard InChI is InChI=1S/C33H34N4O3/c1-2-25-7-3-4-8-28(25)33(40)37-22-6-10-30(37)32(39)36-27-19-15-24(16-20-27)12-11-23-13-17-26(18-14-23)35-31(38)29-9-5-21-34-29/h2-4,7-8,11-20,29-30,34H,1,5-6,9-10,21-22H2,(H,35,38)(H,36,39)/b12-11+/t29-,30-/m0/s1. The molecule has 0 bridgehead atoms. The quantitative estimate of drug-likeness (QED) is 0.336. The highest BCUT2D eigenvalue weighted by atomic mass is 16.2. The predicted octanol–water partition coefficient (Wildman–Crippen LogP) is 5.43. The second-order valence-corrected chi connectivity index (χ2v) is 10.2. The third-order valence-electron chi connectivity index (χ3n) is 7.43. The molecule has 7 heteroatoms. The van der Waals surface area contributed by atoms with Crippen molar-refractivity contribution in [1.29, 1.82) is 0 Å². The molecule has 7 nitrogen and oxygen atoms in total. The van der Waals surface area contributed by atoms with Gasteiger partial charge in [-0.25, -0.2) is 0 Å². The Balaban J connectivity index is 1.16. The first-order valence-corrected chi connectivity index (χ1v) is 13.8. The van der Waals surface area contributed by atoms with E-state index in [4.69, 9.17) is 0 Å². The van der Waals surface area contributed by atoms with E-state index in [0.717, 1.165) is 48.2 Å². The first-order valence-electron chi connectivity index (χ1n) is 13.8. The normalized spacial score (nSPS) is 18.6. The lowest BCUT2D eigenvalue weighted by molar-refractivity contribution is -0.120. The van der Waals surface area contributed by atoms with Gasteiger partial charge in [0.2, 0.25) is 11.8 Å². The van der Waals surface area contributed by atoms with Crippen LogP contribution in [0.3, 0.4) is 0 Å². The van der Waals surface area contributed by atoms with E-state index in [0.29, 0.717) is 24.2 Å². The van der Waals surface area contributed by atoms with Crippen LogP contribution in [0, 0.1) is 0 Å². The Hall–Kier alpha value is -4.49. The van der Waals surface area contributed by atoms with Crippen molar-refractivity contribution in [2.75, 3.05) is 23.7 Å². The van der Waals surface area contributed by atoms with E-state index in [-0.39, 0.29) is 23.8 Å². The summed E-state index contributed by atoms with van der Waals surface area (Å²) in [6.45, 7) is 5.25. The lowest BCUT2D eigenvalue weighted by Gasteiger charge is -2.24. The third kappa shape index (κ3) is 6.38. The minimum absolute atomic E-state index is 0.0123. The van der Waals surface area contributed by atoms with Crippen molar-refractivity contribution in [3.05, 3.63) is 102 Å². The fourth-order valence-electron chi connectivity index (χ4n) is 5.22. The van der Waals surface area contributed by atoms with Crippen molar-refractivity contribution in [2.24, 2.45) is 0 Å². The van der Waals surface area contributed by atoms with E-state index in [1.807, 2.05) is 78.9 Å². The van der Waals surface area contributed by atoms with E-state index >= 15 is 0 Å². The molecule has 2 aliphatic rings. The molecular weight excluding hydrogens is 500 g/mol. The zero-order valence-corrected chi connectivity index (χ0v) is 22.4. The van der Waals surface area contributed by atoms with Gasteiger partial charge < -0.3 is 20.9 Å². The van der Waals surface area contributed by atoms with Gasteiger partial charge in [0.15, 0.2) is 0 Å². The molecule has 0 aliphatic carbocycles. The number of carbonyl (C=O) groups is 3. The SMILES string of the molecule is C=Cc1ccccc1C(=O)N1CCC[C@H]1C(=O)Nc1ccc(/C=C/c2ccc(NC(=O)[C@@H]3CCCN3)cc2)cc1. The van der Waals surface area contributed by atoms with Crippen molar-refractivity contribution in [3.63, 3.8) is 0 Å². The van der Waals surface area contributed by atoms with Crippen LogP contribution in [0.15, 0.2) is 79.4 Å². The van der Waals surface area contributed by atoms with Crippen LogP contribution < -0.4 is 16.0 Å². The van der Waals surface area contributed by atoms with Crippen LogP contribution in [0.1, 0.15) is 52.7 Å². The number of rotatable bonds is 8. The number of hydrogen-bond acceptors (Lipinski definition) is 4. The Bertz CT molecular complexity index is 1410. The first kappa shape index (κ1) is 27.1. The van der Waals surface area contributed by atoms with Crippen molar-refractivity contribution in [2.45, 2.75) is 37.8 Å². The highest BCUT2D eigenvalue weighted by Crippen LogP contribution is 2.24. The van der Waals surface area contributed by atoms with Gasteiger partial charge in [0.05, 0.1) is 6.04 Å². The third-order valence-corrected chi connectivity index (χ3v) is 7.43. The van der Waals surface area contributed by atoms with Crippen molar-refractivity contribution >= 4 is 47.3 Å². The van der Waals surface area contributed by atoms with Crippen LogP contribution in [0.4, 0.5) is 11.4 Å². The summed E-state index contributed by atoms with van der Waals surface area (Å²) in [5, 5.41) is 9.15. The minimum atomic E-state index is -0.507. The van der Waals surface area contributed by atoms with Crippen molar-refractivity contribution in [3.8, 4) is 0 Å². The maximum atomic E-state index is 13.2. The molecule has 2 saturated heterocycles. The maximum absolute atomic E-state index is 13.2. The lowest BCUT2D eigenvalue weighted by atomic mass is 10.1. The number of anilines is 2. The fourth-order valence-corrected chi connectivity index (χ4v) is 5.22. The second-order valence-electron chi connectivity index (χ2n) is 10.2. The fraction of sp³-hybridized carbons (Fsp3) is 0.242. The number of amides is 3.